The van der Waals surface area contributed by atoms with Crippen molar-refractivity contribution in [1.29, 1.82) is 0 Å². The molecule has 0 aromatic heterocycles. The summed E-state index contributed by atoms with van der Waals surface area (Å²) in [6.07, 6.45) is 1.64. The van der Waals surface area contributed by atoms with E-state index in [-0.39, 0.29) is 17.5 Å². The van der Waals surface area contributed by atoms with Gasteiger partial charge in [0.25, 0.3) is 0 Å². The lowest BCUT2D eigenvalue weighted by molar-refractivity contribution is 0.459. The maximum atomic E-state index is 11.2. The van der Waals surface area contributed by atoms with Gasteiger partial charge in [0.2, 0.25) is 0 Å². The molecule has 0 fully saturated rings. The Labute approximate surface area is 101 Å². The zero-order valence-corrected chi connectivity index (χ0v) is 10.4. The van der Waals surface area contributed by atoms with Crippen molar-refractivity contribution in [2.45, 2.75) is 19.5 Å². The van der Waals surface area contributed by atoms with E-state index in [0.717, 1.165) is 11.1 Å². The summed E-state index contributed by atoms with van der Waals surface area (Å²) in [6, 6.07) is 5.36. The molecule has 92 valence electrons. The highest BCUT2D eigenvalue weighted by Crippen LogP contribution is 2.21. The van der Waals surface area contributed by atoms with E-state index < -0.39 is 9.84 Å². The fourth-order valence-corrected chi connectivity index (χ4v) is 3.08. The molecule has 1 aliphatic heterocycles. The van der Waals surface area contributed by atoms with Crippen LogP contribution in [0.4, 0.5) is 0 Å². The highest BCUT2D eigenvalue weighted by Gasteiger charge is 2.21. The number of benzene rings is 1. The molecule has 0 saturated carbocycles. The van der Waals surface area contributed by atoms with Crippen LogP contribution in [0.5, 0.6) is 5.75 Å². The number of para-hydroxylation sites is 1. The van der Waals surface area contributed by atoms with Crippen molar-refractivity contribution >= 4 is 9.84 Å². The Morgan fingerprint density at radius 3 is 2.88 bits per heavy atom. The first-order valence-electron chi connectivity index (χ1n) is 5.40. The largest absolute Gasteiger partial charge is 0.507 e. The van der Waals surface area contributed by atoms with E-state index >= 15 is 0 Å². The maximum absolute atomic E-state index is 11.2. The Morgan fingerprint density at radius 1 is 1.47 bits per heavy atom. The van der Waals surface area contributed by atoms with Crippen LogP contribution in [0.25, 0.3) is 0 Å². The normalized spacial score (nSPS) is 21.8. The molecule has 1 aliphatic rings. The zero-order valence-electron chi connectivity index (χ0n) is 9.55. The fourth-order valence-electron chi connectivity index (χ4n) is 1.81. The lowest BCUT2D eigenvalue weighted by atomic mass is 10.1. The minimum atomic E-state index is -3.02. The van der Waals surface area contributed by atoms with Gasteiger partial charge in [-0.05, 0) is 12.5 Å². The number of phenols is 1. The van der Waals surface area contributed by atoms with Crippen molar-refractivity contribution in [3.63, 3.8) is 0 Å². The van der Waals surface area contributed by atoms with E-state index in [4.69, 9.17) is 0 Å². The van der Waals surface area contributed by atoms with Gasteiger partial charge in [0.05, 0.1) is 5.75 Å². The highest BCUT2D eigenvalue weighted by molar-refractivity contribution is 7.94. The van der Waals surface area contributed by atoms with Crippen molar-refractivity contribution < 1.29 is 13.5 Å². The smallest absolute Gasteiger partial charge is 0.173 e. The summed E-state index contributed by atoms with van der Waals surface area (Å²) in [4.78, 5) is 0. The second-order valence-electron chi connectivity index (χ2n) is 4.23. The minimum Gasteiger partial charge on any atom is -0.507 e. The molecule has 0 saturated heterocycles. The van der Waals surface area contributed by atoms with Gasteiger partial charge < -0.3 is 10.4 Å². The quantitative estimate of drug-likeness (QED) is 0.846. The number of sulfone groups is 1. The summed E-state index contributed by atoms with van der Waals surface area (Å²) < 4.78 is 22.4. The van der Waals surface area contributed by atoms with E-state index in [1.54, 1.807) is 6.08 Å². The Morgan fingerprint density at radius 2 is 2.24 bits per heavy atom. The van der Waals surface area contributed by atoms with Crippen LogP contribution in [-0.4, -0.2) is 25.3 Å². The first kappa shape index (κ1) is 12.1. The van der Waals surface area contributed by atoms with E-state index in [1.165, 1.54) is 5.41 Å². The fraction of sp³-hybridized carbons (Fsp3) is 0.333. The summed E-state index contributed by atoms with van der Waals surface area (Å²) in [7, 11) is -3.02. The Balaban J connectivity index is 2.00. The van der Waals surface area contributed by atoms with Gasteiger partial charge in [0, 0.05) is 23.6 Å². The molecule has 0 spiro atoms. The van der Waals surface area contributed by atoms with Gasteiger partial charge in [-0.3, -0.25) is 0 Å². The molecule has 17 heavy (non-hydrogen) atoms. The van der Waals surface area contributed by atoms with Crippen molar-refractivity contribution in [2.75, 3.05) is 5.75 Å². The van der Waals surface area contributed by atoms with Crippen molar-refractivity contribution in [3.05, 3.63) is 40.8 Å². The molecule has 1 aromatic carbocycles. The van der Waals surface area contributed by atoms with Crippen LogP contribution < -0.4 is 5.32 Å². The number of hydrogen-bond donors (Lipinski definition) is 2. The summed E-state index contributed by atoms with van der Waals surface area (Å²) >= 11 is 0. The van der Waals surface area contributed by atoms with Crippen LogP contribution in [0.15, 0.2) is 29.7 Å². The van der Waals surface area contributed by atoms with Gasteiger partial charge in [-0.2, -0.15) is 0 Å². The van der Waals surface area contributed by atoms with Crippen LogP contribution in [0, 0.1) is 6.92 Å². The summed E-state index contributed by atoms with van der Waals surface area (Å²) in [5.74, 6) is 0.365. The molecule has 5 heteroatoms. The lowest BCUT2D eigenvalue weighted by Gasteiger charge is -2.11. The van der Waals surface area contributed by atoms with Crippen molar-refractivity contribution in [1.82, 2.24) is 5.32 Å². The molecule has 2 N–H and O–H groups in total. The summed E-state index contributed by atoms with van der Waals surface area (Å²) in [5, 5.41) is 14.1. The molecule has 1 atom stereocenters. The predicted octanol–water partition coefficient (Wildman–Crippen LogP) is 1.10. The molecule has 4 nitrogen and oxygen atoms in total. The Kier molecular flexibility index (Phi) is 3.22. The van der Waals surface area contributed by atoms with Crippen LogP contribution in [0.3, 0.4) is 0 Å². The number of aryl methyl sites for hydroxylation is 1. The number of phenolic OH excluding ortho intramolecular Hbond substituents is 1. The molecule has 1 unspecified atom stereocenters. The first-order chi connectivity index (χ1) is 7.98. The third-order valence-electron chi connectivity index (χ3n) is 2.81. The second-order valence-corrected chi connectivity index (χ2v) is 6.16. The van der Waals surface area contributed by atoms with Crippen molar-refractivity contribution in [2.24, 2.45) is 0 Å². The molecular weight excluding hydrogens is 238 g/mol. The van der Waals surface area contributed by atoms with Gasteiger partial charge in [-0.25, -0.2) is 8.42 Å². The van der Waals surface area contributed by atoms with Crippen molar-refractivity contribution in [3.8, 4) is 5.75 Å². The molecule has 1 aromatic rings. The monoisotopic (exact) mass is 253 g/mol. The molecular formula is C12H15NO3S. The van der Waals surface area contributed by atoms with Crippen LogP contribution in [0.1, 0.15) is 11.1 Å². The number of rotatable bonds is 3. The number of hydrogen-bond acceptors (Lipinski definition) is 4. The third kappa shape index (κ3) is 2.87. The van der Waals surface area contributed by atoms with Crippen LogP contribution in [0.2, 0.25) is 0 Å². The predicted molar refractivity (Wildman–Crippen MR) is 66.4 cm³/mol. The third-order valence-corrected chi connectivity index (χ3v) is 4.20. The Bertz CT molecular complexity index is 549. The molecule has 0 bridgehead atoms. The van der Waals surface area contributed by atoms with E-state index in [2.05, 4.69) is 5.32 Å². The SMILES string of the molecule is Cc1cccc(CNC2C=CS(=O)(=O)C2)c1O. The lowest BCUT2D eigenvalue weighted by Crippen LogP contribution is -2.29. The number of nitrogens with one attached hydrogen (secondary N) is 1. The van der Waals surface area contributed by atoms with Gasteiger partial charge in [0.1, 0.15) is 5.75 Å². The highest BCUT2D eigenvalue weighted by atomic mass is 32.2. The molecule has 0 radical (unpaired) electrons. The minimum absolute atomic E-state index is 0.0968. The molecule has 1 heterocycles. The standard InChI is InChI=1S/C12H15NO3S/c1-9-3-2-4-10(12(9)14)7-13-11-5-6-17(15,16)8-11/h2-6,11,13-14H,7-8H2,1H3. The van der Waals surface area contributed by atoms with Gasteiger partial charge >= 0.3 is 0 Å². The van der Waals surface area contributed by atoms with Crippen LogP contribution >= 0.6 is 0 Å². The zero-order chi connectivity index (χ0) is 12.5. The summed E-state index contributed by atoms with van der Waals surface area (Å²) in [6.45, 7) is 2.29. The van der Waals surface area contributed by atoms with E-state index in [9.17, 15) is 13.5 Å². The first-order valence-corrected chi connectivity index (χ1v) is 7.11. The second kappa shape index (κ2) is 4.50. The topological polar surface area (TPSA) is 66.4 Å². The average Bonchev–Trinajstić information content (AvgIpc) is 2.61. The average molecular weight is 253 g/mol. The van der Waals surface area contributed by atoms with E-state index in [1.807, 2.05) is 25.1 Å². The molecule has 0 amide bonds. The maximum Gasteiger partial charge on any atom is 0.173 e. The van der Waals surface area contributed by atoms with Gasteiger partial charge in [-0.15, -0.1) is 0 Å². The summed E-state index contributed by atoms with van der Waals surface area (Å²) in [5.41, 5.74) is 1.60. The van der Waals surface area contributed by atoms with E-state index in [0.29, 0.717) is 6.54 Å². The number of aromatic hydroxyl groups is 1. The van der Waals surface area contributed by atoms with Gasteiger partial charge in [-0.1, -0.05) is 24.3 Å². The molecule has 0 aliphatic carbocycles. The van der Waals surface area contributed by atoms with Gasteiger partial charge in [0.15, 0.2) is 9.84 Å². The molecule has 2 rings (SSSR count). The Hall–Kier alpha value is -1.33. The van der Waals surface area contributed by atoms with Crippen LogP contribution in [-0.2, 0) is 16.4 Å².